The van der Waals surface area contributed by atoms with Crippen molar-refractivity contribution >= 4 is 120 Å². The van der Waals surface area contributed by atoms with E-state index in [1.54, 1.807) is 11.1 Å². The molecule has 0 N–H and O–H groups in total. The first-order chi connectivity index (χ1) is 35.9. The molecule has 73 heavy (non-hydrogen) atoms. The lowest BCUT2D eigenvalue weighted by Gasteiger charge is -2.38. The Balaban J connectivity index is 0.998. The highest BCUT2D eigenvalue weighted by atomic mass is 16.3. The van der Waals surface area contributed by atoms with E-state index in [1.807, 2.05) is 0 Å². The van der Waals surface area contributed by atoms with Gasteiger partial charge in [-0.2, -0.15) is 0 Å². The maximum Gasteiger partial charge on any atom is 0.163 e. The first-order valence-corrected chi connectivity index (χ1v) is 27.6. The fourth-order valence-corrected chi connectivity index (χ4v) is 19.2. The molecule has 0 spiro atoms. The topological polar surface area (TPSA) is 86.7 Å². The highest BCUT2D eigenvalue weighted by Gasteiger charge is 2.48. The van der Waals surface area contributed by atoms with Crippen LogP contribution in [0.5, 0.6) is 0 Å². The van der Waals surface area contributed by atoms with E-state index in [2.05, 4.69) is 108 Å². The molecule has 4 saturated carbocycles. The van der Waals surface area contributed by atoms with Crippen molar-refractivity contribution in [3.63, 3.8) is 0 Å². The largest absolute Gasteiger partial charge is 0.454 e. The van der Waals surface area contributed by atoms with Gasteiger partial charge in [0.05, 0.1) is 68.7 Å². The number of nitrogens with zero attached hydrogens (tertiary/aromatic N) is 6. The van der Waals surface area contributed by atoms with Crippen LogP contribution in [0.4, 0.5) is 0 Å². The predicted octanol–water partition coefficient (Wildman–Crippen LogP) is 16.5. The second-order valence-corrected chi connectivity index (χ2v) is 25.3. The molecular weight excluding hydrogens is 897 g/mol. The summed E-state index contributed by atoms with van der Waals surface area (Å²) >= 11 is 0. The minimum absolute atomic E-state index is 0.364. The molecule has 4 aromatic carbocycles. The van der Waals surface area contributed by atoms with Crippen molar-refractivity contribution in [2.24, 2.45) is 23.7 Å². The van der Waals surface area contributed by atoms with Crippen molar-refractivity contribution in [2.75, 3.05) is 0 Å². The summed E-state index contributed by atoms with van der Waals surface area (Å²) in [5.41, 5.74) is 23.5. The minimum Gasteiger partial charge on any atom is -0.454 e. The number of fused-ring (bicyclic) bond motifs is 25. The van der Waals surface area contributed by atoms with Gasteiger partial charge in [-0.1, -0.05) is 38.1 Å². The first kappa shape index (κ1) is 37.4. The van der Waals surface area contributed by atoms with E-state index in [0.717, 1.165) is 89.6 Å². The van der Waals surface area contributed by atoms with Gasteiger partial charge in [-0.05, 0) is 169 Å². The highest BCUT2D eigenvalue weighted by Crippen LogP contribution is 2.64. The van der Waals surface area contributed by atoms with E-state index in [9.17, 15) is 0 Å². The molecule has 0 amide bonds. The van der Waals surface area contributed by atoms with Gasteiger partial charge in [0.1, 0.15) is 22.2 Å². The second kappa shape index (κ2) is 11.9. The van der Waals surface area contributed by atoms with E-state index in [-0.39, 0.29) is 5.41 Å². The lowest BCUT2D eigenvalue weighted by Crippen LogP contribution is -2.25. The van der Waals surface area contributed by atoms with E-state index < -0.39 is 0 Å². The standard InChI is InChI=1S/C65H48N6O2/c1-65(2)39-21-37-49-41(23-66-57-33-17-27-11-28(18-33)14-31(13-27)47(49)57)70-43-25-68-59-35-7-3-5-9-45(35)72-63(59)53(43)55(61(37)70)51(39)52-40(65)22-38-50-42(24-67-58-34-19-29-12-30(20-34)16-32(15-29)48(50)58)71-44-26-69-60-36-8-4-6-10-46(36)73-64(60)54(44)56(52)62(38)71/h3-10,21-34H,11-20H2,1-2H3. The van der Waals surface area contributed by atoms with Crippen LogP contribution in [0.3, 0.4) is 0 Å². The average molecular weight is 945 g/mol. The smallest absolute Gasteiger partial charge is 0.163 e. The number of hydrogen-bond donors (Lipinski definition) is 0. The first-order valence-electron chi connectivity index (χ1n) is 27.6. The highest BCUT2D eigenvalue weighted by molar-refractivity contribution is 6.38. The number of benzene rings is 4. The van der Waals surface area contributed by atoms with Gasteiger partial charge in [0.2, 0.25) is 0 Å². The van der Waals surface area contributed by atoms with Crippen LogP contribution in [0.15, 0.2) is 94.3 Å². The van der Waals surface area contributed by atoms with Crippen LogP contribution in [0, 0.1) is 23.7 Å². The molecule has 4 unspecified atom stereocenters. The molecule has 9 aliphatic rings. The molecule has 10 heterocycles. The van der Waals surface area contributed by atoms with Crippen molar-refractivity contribution in [1.82, 2.24) is 28.7 Å². The van der Waals surface area contributed by atoms with Crippen LogP contribution >= 0.6 is 0 Å². The summed E-state index contributed by atoms with van der Waals surface area (Å²) in [6, 6.07) is 22.3. The number of pyridine rings is 4. The molecule has 4 fully saturated rings. The molecule has 350 valence electrons. The van der Waals surface area contributed by atoms with Crippen LogP contribution in [-0.2, 0) is 5.41 Å². The van der Waals surface area contributed by atoms with Crippen molar-refractivity contribution in [3.05, 3.63) is 119 Å². The summed E-state index contributed by atoms with van der Waals surface area (Å²) in [6.45, 7) is 5.05. The molecule has 0 aliphatic heterocycles. The third-order valence-corrected chi connectivity index (χ3v) is 21.5. The lowest BCUT2D eigenvalue weighted by molar-refractivity contribution is 0.165. The minimum atomic E-state index is -0.364. The molecule has 8 bridgehead atoms. The monoisotopic (exact) mass is 944 g/mol. The summed E-state index contributed by atoms with van der Waals surface area (Å²) in [4.78, 5) is 21.8. The molecule has 0 radical (unpaired) electrons. The fourth-order valence-electron chi connectivity index (χ4n) is 19.2. The Hall–Kier alpha value is -7.32. The zero-order valence-corrected chi connectivity index (χ0v) is 40.8. The maximum absolute atomic E-state index is 7.13. The van der Waals surface area contributed by atoms with Gasteiger partial charge in [-0.25, -0.2) is 9.97 Å². The summed E-state index contributed by atoms with van der Waals surface area (Å²) in [5, 5.41) is 12.6. The molecular formula is C65H48N6O2. The van der Waals surface area contributed by atoms with Crippen LogP contribution in [-0.4, -0.2) is 28.7 Å². The van der Waals surface area contributed by atoms with Gasteiger partial charge in [0.25, 0.3) is 0 Å². The van der Waals surface area contributed by atoms with E-state index in [0.29, 0.717) is 23.7 Å². The number of aromatic nitrogens is 6. The summed E-state index contributed by atoms with van der Waals surface area (Å²) < 4.78 is 19.4. The lowest BCUT2D eigenvalue weighted by atomic mass is 9.67. The zero-order valence-electron chi connectivity index (χ0n) is 40.8. The van der Waals surface area contributed by atoms with E-state index in [1.165, 1.54) is 152 Å². The number of para-hydroxylation sites is 2. The van der Waals surface area contributed by atoms with Gasteiger partial charge < -0.3 is 17.6 Å². The van der Waals surface area contributed by atoms with E-state index >= 15 is 0 Å². The molecule has 4 atom stereocenters. The van der Waals surface area contributed by atoms with Crippen molar-refractivity contribution < 1.29 is 8.83 Å². The van der Waals surface area contributed by atoms with Crippen molar-refractivity contribution in [1.29, 1.82) is 0 Å². The van der Waals surface area contributed by atoms with Gasteiger partial charge in [0, 0.05) is 71.7 Å². The quantitative estimate of drug-likeness (QED) is 0.151. The second-order valence-electron chi connectivity index (χ2n) is 25.3. The van der Waals surface area contributed by atoms with Crippen molar-refractivity contribution in [3.8, 4) is 11.1 Å². The molecule has 8 heteroatoms. The van der Waals surface area contributed by atoms with Gasteiger partial charge in [-0.3, -0.25) is 9.97 Å². The third kappa shape index (κ3) is 4.04. The maximum atomic E-state index is 7.13. The van der Waals surface area contributed by atoms with Crippen molar-refractivity contribution in [2.45, 2.75) is 107 Å². The zero-order chi connectivity index (χ0) is 46.8. The Morgan fingerprint density at radius 2 is 0.836 bits per heavy atom. The van der Waals surface area contributed by atoms with E-state index in [4.69, 9.17) is 28.8 Å². The van der Waals surface area contributed by atoms with Gasteiger partial charge >= 0.3 is 0 Å². The fraction of sp³-hybridized carbons (Fsp3) is 0.323. The molecule has 9 aliphatic carbocycles. The molecule has 10 aromatic heterocycles. The Morgan fingerprint density at radius 3 is 1.29 bits per heavy atom. The molecule has 0 saturated heterocycles. The van der Waals surface area contributed by atoms with Crippen LogP contribution in [0.1, 0.15) is 135 Å². The van der Waals surface area contributed by atoms with Gasteiger partial charge in [-0.15, -0.1) is 0 Å². The Labute approximate surface area is 417 Å². The predicted molar refractivity (Wildman–Crippen MR) is 290 cm³/mol. The normalized spacial score (nSPS) is 26.6. The van der Waals surface area contributed by atoms with Crippen LogP contribution < -0.4 is 0 Å². The molecule has 23 rings (SSSR count). The van der Waals surface area contributed by atoms with Gasteiger partial charge in [0.15, 0.2) is 11.2 Å². The summed E-state index contributed by atoms with van der Waals surface area (Å²) in [5.74, 6) is 5.40. The Kier molecular flexibility index (Phi) is 6.08. The molecule has 8 nitrogen and oxygen atoms in total. The Morgan fingerprint density at radius 1 is 0.438 bits per heavy atom. The summed E-state index contributed by atoms with van der Waals surface area (Å²) in [7, 11) is 0. The number of hydrogen-bond acceptors (Lipinski definition) is 6. The average Bonchev–Trinajstić information content (AvgIpc) is 4.38. The third-order valence-electron chi connectivity index (χ3n) is 21.5. The Bertz CT molecular complexity index is 4650. The number of furan rings is 2. The SMILES string of the molecule is CC1(C)c2cc3c4c5c(ncc4n4c6cnc7c8ccccc8oc7c6c(c2-c2c1cc1c6c7c(ncc6n6c8cnc9c%10ccccc%10oc9c8c2c16)C1CC2CC(C1)CC7C2)c34)C1CC2CC(C1)CC5C2. The van der Waals surface area contributed by atoms with Crippen LogP contribution in [0.25, 0.3) is 131 Å². The van der Waals surface area contributed by atoms with Crippen LogP contribution in [0.2, 0.25) is 0 Å². The number of rotatable bonds is 0. The summed E-state index contributed by atoms with van der Waals surface area (Å²) in [6.07, 6.45) is 22.0. The molecule has 14 aromatic rings.